The van der Waals surface area contributed by atoms with Crippen LogP contribution in [0.2, 0.25) is 5.02 Å². The zero-order chi connectivity index (χ0) is 25.2. The second-order valence-electron chi connectivity index (χ2n) is 9.67. The first-order valence-electron chi connectivity index (χ1n) is 11.7. The van der Waals surface area contributed by atoms with E-state index < -0.39 is 5.60 Å². The van der Waals surface area contributed by atoms with E-state index in [-0.39, 0.29) is 12.1 Å². The highest BCUT2D eigenvalue weighted by Gasteiger charge is 2.18. The third-order valence-corrected chi connectivity index (χ3v) is 5.52. The average Bonchev–Trinajstić information content (AvgIpc) is 3.41. The molecule has 184 valence electrons. The molecule has 0 N–H and O–H groups in total. The summed E-state index contributed by atoms with van der Waals surface area (Å²) in [6.45, 7) is 10.2. The van der Waals surface area contributed by atoms with Crippen LogP contribution in [0.4, 0.5) is 0 Å². The quantitative estimate of drug-likeness (QED) is 0.247. The van der Waals surface area contributed by atoms with E-state index in [0.717, 1.165) is 22.0 Å². The maximum absolute atomic E-state index is 12.0. The summed E-state index contributed by atoms with van der Waals surface area (Å²) in [6, 6.07) is 13.4. The van der Waals surface area contributed by atoms with Gasteiger partial charge in [0, 0.05) is 41.2 Å². The van der Waals surface area contributed by atoms with E-state index in [1.165, 1.54) is 0 Å². The van der Waals surface area contributed by atoms with Crippen molar-refractivity contribution in [1.82, 2.24) is 14.7 Å². The lowest BCUT2D eigenvalue weighted by atomic mass is 10.1. The molecule has 2 aromatic carbocycles. The molecular formula is C27H30ClN3O4. The van der Waals surface area contributed by atoms with Crippen molar-refractivity contribution in [2.75, 3.05) is 0 Å². The Morgan fingerprint density at radius 2 is 1.97 bits per heavy atom. The third-order valence-electron chi connectivity index (χ3n) is 5.22. The summed E-state index contributed by atoms with van der Waals surface area (Å²) in [5, 5.41) is 5.65. The van der Waals surface area contributed by atoms with Crippen molar-refractivity contribution in [3.8, 4) is 28.6 Å². The standard InChI is InChI=1S/C27H30ClN3O4/c1-17(2)33-23-12-11-18(16-21(23)28)25-29-26(35-30-25)20-8-6-9-22-19(20)13-15-31(22)14-7-10-24(32)34-27(3,4)5/h6,8-9,11-13,15-17H,7,10,14H2,1-5H3. The van der Waals surface area contributed by atoms with Gasteiger partial charge in [0.15, 0.2) is 0 Å². The smallest absolute Gasteiger partial charge is 0.306 e. The molecular weight excluding hydrogens is 466 g/mol. The van der Waals surface area contributed by atoms with E-state index in [1.807, 2.05) is 77.2 Å². The molecule has 0 aliphatic rings. The van der Waals surface area contributed by atoms with E-state index in [9.17, 15) is 4.79 Å². The van der Waals surface area contributed by atoms with Gasteiger partial charge in [0.1, 0.15) is 11.4 Å². The average molecular weight is 496 g/mol. The fraction of sp³-hybridized carbons (Fsp3) is 0.370. The van der Waals surface area contributed by atoms with Crippen LogP contribution in [0.3, 0.4) is 0 Å². The highest BCUT2D eigenvalue weighted by molar-refractivity contribution is 6.32. The van der Waals surface area contributed by atoms with Gasteiger partial charge >= 0.3 is 5.97 Å². The Hall–Kier alpha value is -3.32. The Labute approximate surface area is 210 Å². The second-order valence-corrected chi connectivity index (χ2v) is 10.1. The number of aromatic nitrogens is 3. The molecule has 2 aromatic heterocycles. The molecule has 4 aromatic rings. The lowest BCUT2D eigenvalue weighted by Gasteiger charge is -2.19. The summed E-state index contributed by atoms with van der Waals surface area (Å²) in [5.74, 6) is 1.31. The molecule has 0 saturated heterocycles. The molecule has 4 rings (SSSR count). The summed E-state index contributed by atoms with van der Waals surface area (Å²) in [5.41, 5.74) is 2.15. The van der Waals surface area contributed by atoms with Crippen LogP contribution < -0.4 is 4.74 Å². The molecule has 0 atom stereocenters. The Bertz CT molecular complexity index is 1330. The number of ether oxygens (including phenoxy) is 2. The minimum atomic E-state index is -0.468. The maximum Gasteiger partial charge on any atom is 0.306 e. The van der Waals surface area contributed by atoms with Crippen molar-refractivity contribution in [3.63, 3.8) is 0 Å². The summed E-state index contributed by atoms with van der Waals surface area (Å²) < 4.78 is 18.8. The third kappa shape index (κ3) is 6.03. The summed E-state index contributed by atoms with van der Waals surface area (Å²) in [6.07, 6.45) is 3.09. The molecule has 0 spiro atoms. The monoisotopic (exact) mass is 495 g/mol. The summed E-state index contributed by atoms with van der Waals surface area (Å²) >= 11 is 6.38. The molecule has 0 amide bonds. The van der Waals surface area contributed by atoms with Crippen LogP contribution in [0.1, 0.15) is 47.5 Å². The first kappa shape index (κ1) is 24.8. The first-order chi connectivity index (χ1) is 16.6. The van der Waals surface area contributed by atoms with Crippen molar-refractivity contribution >= 4 is 28.5 Å². The highest BCUT2D eigenvalue weighted by Crippen LogP contribution is 2.33. The van der Waals surface area contributed by atoms with Crippen LogP contribution in [-0.2, 0) is 16.1 Å². The Morgan fingerprint density at radius 3 is 2.69 bits per heavy atom. The normalized spacial score (nSPS) is 11.9. The predicted octanol–water partition coefficient (Wildman–Crippen LogP) is 6.92. The molecule has 0 unspecified atom stereocenters. The Kier molecular flexibility index (Phi) is 7.17. The zero-order valence-electron chi connectivity index (χ0n) is 20.7. The molecule has 7 nitrogen and oxygen atoms in total. The number of nitrogens with zero attached hydrogens (tertiary/aromatic N) is 3. The zero-order valence-corrected chi connectivity index (χ0v) is 21.4. The number of aryl methyl sites for hydroxylation is 1. The Morgan fingerprint density at radius 1 is 1.17 bits per heavy atom. The minimum absolute atomic E-state index is 0.0280. The van der Waals surface area contributed by atoms with Crippen LogP contribution >= 0.6 is 11.6 Å². The van der Waals surface area contributed by atoms with Crippen molar-refractivity contribution < 1.29 is 18.8 Å². The van der Waals surface area contributed by atoms with Crippen molar-refractivity contribution in [3.05, 3.63) is 53.7 Å². The van der Waals surface area contributed by atoms with Crippen LogP contribution in [0.5, 0.6) is 5.75 Å². The van der Waals surface area contributed by atoms with Gasteiger partial charge in [0.2, 0.25) is 5.82 Å². The molecule has 0 fully saturated rings. The van der Waals surface area contributed by atoms with Crippen molar-refractivity contribution in [2.45, 2.75) is 65.7 Å². The molecule has 0 bridgehead atoms. The number of hydrogen-bond acceptors (Lipinski definition) is 6. The van der Waals surface area contributed by atoms with Gasteiger partial charge in [0.25, 0.3) is 5.89 Å². The lowest BCUT2D eigenvalue weighted by molar-refractivity contribution is -0.154. The van der Waals surface area contributed by atoms with E-state index >= 15 is 0 Å². The molecule has 0 radical (unpaired) electrons. The van der Waals surface area contributed by atoms with E-state index in [1.54, 1.807) is 6.07 Å². The second kappa shape index (κ2) is 10.1. The highest BCUT2D eigenvalue weighted by atomic mass is 35.5. The van der Waals surface area contributed by atoms with E-state index in [0.29, 0.717) is 41.9 Å². The first-order valence-corrected chi connectivity index (χ1v) is 12.1. The fourth-order valence-electron chi connectivity index (χ4n) is 3.83. The molecule has 0 aliphatic heterocycles. The van der Waals surface area contributed by atoms with Gasteiger partial charge in [-0.05, 0) is 77.4 Å². The van der Waals surface area contributed by atoms with Crippen LogP contribution in [0.25, 0.3) is 33.7 Å². The number of fused-ring (bicyclic) bond motifs is 1. The van der Waals surface area contributed by atoms with E-state index in [4.69, 9.17) is 25.6 Å². The van der Waals surface area contributed by atoms with Crippen LogP contribution in [0.15, 0.2) is 53.2 Å². The number of benzene rings is 2. The lowest BCUT2D eigenvalue weighted by Crippen LogP contribution is -2.23. The molecule has 8 heteroatoms. The molecule has 35 heavy (non-hydrogen) atoms. The molecule has 0 aliphatic carbocycles. The SMILES string of the molecule is CC(C)Oc1ccc(-c2noc(-c3cccc4c3ccn4CCCC(=O)OC(C)(C)C)n2)cc1Cl. The Balaban J connectivity index is 1.51. The largest absolute Gasteiger partial charge is 0.489 e. The predicted molar refractivity (Wildman–Crippen MR) is 137 cm³/mol. The minimum Gasteiger partial charge on any atom is -0.489 e. The maximum atomic E-state index is 12.0. The van der Waals surface area contributed by atoms with Gasteiger partial charge < -0.3 is 18.6 Å². The van der Waals surface area contributed by atoms with Crippen molar-refractivity contribution in [2.24, 2.45) is 0 Å². The molecule has 0 saturated carbocycles. The van der Waals surface area contributed by atoms with E-state index in [2.05, 4.69) is 14.7 Å². The number of carbonyl (C=O) groups excluding carboxylic acids is 1. The van der Waals surface area contributed by atoms with Gasteiger partial charge in [-0.3, -0.25) is 4.79 Å². The van der Waals surface area contributed by atoms with Crippen LogP contribution in [-0.4, -0.2) is 32.4 Å². The number of halogens is 1. The fourth-order valence-corrected chi connectivity index (χ4v) is 4.06. The van der Waals surface area contributed by atoms with Gasteiger partial charge in [-0.25, -0.2) is 0 Å². The van der Waals surface area contributed by atoms with Crippen molar-refractivity contribution in [1.29, 1.82) is 0 Å². The van der Waals surface area contributed by atoms with Gasteiger partial charge in [-0.15, -0.1) is 0 Å². The number of carbonyl (C=O) groups is 1. The number of esters is 1. The topological polar surface area (TPSA) is 79.4 Å². The summed E-state index contributed by atoms with van der Waals surface area (Å²) in [7, 11) is 0. The number of hydrogen-bond donors (Lipinski definition) is 0. The number of rotatable bonds is 8. The van der Waals surface area contributed by atoms with Gasteiger partial charge in [-0.1, -0.05) is 22.8 Å². The molecule has 2 heterocycles. The van der Waals surface area contributed by atoms with Gasteiger partial charge in [0.05, 0.1) is 11.1 Å². The van der Waals surface area contributed by atoms with Gasteiger partial charge in [-0.2, -0.15) is 4.98 Å². The summed E-state index contributed by atoms with van der Waals surface area (Å²) in [4.78, 5) is 16.6. The van der Waals surface area contributed by atoms with Crippen LogP contribution in [0, 0.1) is 0 Å².